The quantitative estimate of drug-likeness (QED) is 0.733. The third-order valence-electron chi connectivity index (χ3n) is 4.85. The van der Waals surface area contributed by atoms with Crippen LogP contribution in [0.5, 0.6) is 0 Å². The van der Waals surface area contributed by atoms with Gasteiger partial charge in [0.05, 0.1) is 29.4 Å². The van der Waals surface area contributed by atoms with Gasteiger partial charge in [0.15, 0.2) is 0 Å². The van der Waals surface area contributed by atoms with Crippen LogP contribution in [0.4, 0.5) is 5.69 Å². The molecule has 1 aromatic carbocycles. The summed E-state index contributed by atoms with van der Waals surface area (Å²) in [6, 6.07) is 1.99. The molecule has 0 spiro atoms. The van der Waals surface area contributed by atoms with Gasteiger partial charge in [-0.3, -0.25) is 16.0 Å². The topological polar surface area (TPSA) is 84.7 Å². The summed E-state index contributed by atoms with van der Waals surface area (Å²) in [6.45, 7) is 4.17. The van der Waals surface area contributed by atoms with Crippen LogP contribution in [0.3, 0.4) is 0 Å². The first-order valence-corrected chi connectivity index (χ1v) is 8.50. The van der Waals surface area contributed by atoms with E-state index in [4.69, 9.17) is 17.4 Å². The Morgan fingerprint density at radius 2 is 2.33 bits per heavy atom. The number of aliphatic hydroxyl groups is 1. The number of hydrogen-bond acceptors (Lipinski definition) is 6. The molecule has 7 nitrogen and oxygen atoms in total. The molecule has 0 aliphatic carbocycles. The first-order valence-electron chi connectivity index (χ1n) is 8.12. The number of H-pyrrole nitrogens is 1. The number of hydrazine groups is 2. The monoisotopic (exact) mass is 348 g/mol. The van der Waals surface area contributed by atoms with Gasteiger partial charge in [-0.05, 0) is 25.5 Å². The highest BCUT2D eigenvalue weighted by Crippen LogP contribution is 2.41. The molecule has 1 fully saturated rings. The minimum absolute atomic E-state index is 0.0000860. The van der Waals surface area contributed by atoms with Crippen molar-refractivity contribution in [1.82, 2.24) is 20.3 Å². The minimum atomic E-state index is -0.310. The van der Waals surface area contributed by atoms with Crippen molar-refractivity contribution in [2.24, 2.45) is 5.84 Å². The number of β-amino-alcohol motifs (C(OH)–C–C–N with tert-alkyl or cyclic N) is 1. The second-order valence-electron chi connectivity index (χ2n) is 6.40. The Hall–Kier alpha value is -1.80. The molecule has 2 aromatic rings. The van der Waals surface area contributed by atoms with E-state index in [9.17, 15) is 5.11 Å². The number of nitrogens with one attached hydrogen (secondary N) is 1. The fourth-order valence-corrected chi connectivity index (χ4v) is 3.87. The predicted molar refractivity (Wildman–Crippen MR) is 94.2 cm³/mol. The van der Waals surface area contributed by atoms with Crippen LogP contribution in [0.25, 0.3) is 10.9 Å². The van der Waals surface area contributed by atoms with E-state index in [0.29, 0.717) is 18.1 Å². The number of aliphatic hydroxyl groups excluding tert-OH is 1. The number of nitrogens with two attached hydrogens (primary N) is 1. The second-order valence-corrected chi connectivity index (χ2v) is 6.80. The molecular formula is C16H21ClN6O. The van der Waals surface area contributed by atoms with Crippen molar-refractivity contribution in [3.05, 3.63) is 35.1 Å². The Labute approximate surface area is 145 Å². The molecule has 4 N–H and O–H groups in total. The van der Waals surface area contributed by atoms with Crippen LogP contribution in [0.15, 0.2) is 24.5 Å². The number of halogens is 1. The lowest BCUT2D eigenvalue weighted by Gasteiger charge is -2.34. The number of aromatic nitrogens is 2. The molecule has 128 valence electrons. The fourth-order valence-electron chi connectivity index (χ4n) is 3.60. The lowest BCUT2D eigenvalue weighted by atomic mass is 10.0. The van der Waals surface area contributed by atoms with Crippen LogP contribution < -0.4 is 10.7 Å². The summed E-state index contributed by atoms with van der Waals surface area (Å²) in [4.78, 5) is 2.19. The van der Waals surface area contributed by atoms with Crippen LogP contribution in [-0.4, -0.2) is 51.2 Å². The summed E-state index contributed by atoms with van der Waals surface area (Å²) in [5, 5.41) is 22.5. The van der Waals surface area contributed by atoms with Gasteiger partial charge >= 0.3 is 0 Å². The van der Waals surface area contributed by atoms with E-state index in [-0.39, 0.29) is 12.1 Å². The van der Waals surface area contributed by atoms with E-state index >= 15 is 0 Å². The first-order chi connectivity index (χ1) is 11.6. The maximum absolute atomic E-state index is 9.98. The number of fused-ring (bicyclic) bond motifs is 1. The van der Waals surface area contributed by atoms with E-state index in [0.717, 1.165) is 35.1 Å². The number of hydrogen-bond donors (Lipinski definition) is 3. The molecule has 0 bridgehead atoms. The summed E-state index contributed by atoms with van der Waals surface area (Å²) in [7, 11) is 0. The highest BCUT2D eigenvalue weighted by Gasteiger charge is 2.30. The molecule has 1 aromatic heterocycles. The lowest BCUT2D eigenvalue weighted by molar-refractivity contribution is 0.0159. The van der Waals surface area contributed by atoms with Gasteiger partial charge in [-0.1, -0.05) is 11.6 Å². The molecule has 0 saturated carbocycles. The highest BCUT2D eigenvalue weighted by molar-refractivity contribution is 6.36. The molecule has 2 atom stereocenters. The van der Waals surface area contributed by atoms with Crippen LogP contribution in [0, 0.1) is 0 Å². The molecule has 24 heavy (non-hydrogen) atoms. The zero-order valence-corrected chi connectivity index (χ0v) is 14.2. The number of nitrogens with zero attached hydrogens (tertiary/aromatic N) is 4. The van der Waals surface area contributed by atoms with E-state index in [1.54, 1.807) is 5.12 Å². The number of aromatic amines is 1. The summed E-state index contributed by atoms with van der Waals surface area (Å²) < 4.78 is 0. The van der Waals surface area contributed by atoms with E-state index < -0.39 is 0 Å². The van der Waals surface area contributed by atoms with Gasteiger partial charge in [0, 0.05) is 36.4 Å². The number of anilines is 1. The van der Waals surface area contributed by atoms with E-state index in [2.05, 4.69) is 22.0 Å². The number of benzene rings is 1. The Morgan fingerprint density at radius 1 is 1.50 bits per heavy atom. The molecule has 2 unspecified atom stereocenters. The van der Waals surface area contributed by atoms with E-state index in [1.807, 2.05) is 29.5 Å². The summed E-state index contributed by atoms with van der Waals surface area (Å²) in [6.07, 6.45) is 6.26. The summed E-state index contributed by atoms with van der Waals surface area (Å²) in [5.41, 5.74) is 2.91. The molecule has 2 aliphatic heterocycles. The highest BCUT2D eigenvalue weighted by atomic mass is 35.5. The summed E-state index contributed by atoms with van der Waals surface area (Å²) in [5.74, 6) is 6.06. The van der Waals surface area contributed by atoms with Gasteiger partial charge in [0.2, 0.25) is 0 Å². The molecule has 3 heterocycles. The second kappa shape index (κ2) is 5.93. The van der Waals surface area contributed by atoms with Gasteiger partial charge in [-0.2, -0.15) is 10.2 Å². The lowest BCUT2D eigenvalue weighted by Crippen LogP contribution is -2.42. The Bertz CT molecular complexity index is 790. The predicted octanol–water partition coefficient (Wildman–Crippen LogP) is 1.77. The van der Waals surface area contributed by atoms with Crippen molar-refractivity contribution >= 4 is 28.2 Å². The molecule has 0 radical (unpaired) electrons. The fraction of sp³-hybridized carbons (Fsp3) is 0.438. The maximum Gasteiger partial charge on any atom is 0.117 e. The van der Waals surface area contributed by atoms with Crippen molar-refractivity contribution in [1.29, 1.82) is 0 Å². The largest absolute Gasteiger partial charge is 0.391 e. The molecular weight excluding hydrogens is 328 g/mol. The zero-order valence-electron chi connectivity index (χ0n) is 13.5. The van der Waals surface area contributed by atoms with Crippen molar-refractivity contribution in [2.45, 2.75) is 25.5 Å². The van der Waals surface area contributed by atoms with Gasteiger partial charge in [0.25, 0.3) is 0 Å². The average Bonchev–Trinajstić information content (AvgIpc) is 3.27. The van der Waals surface area contributed by atoms with Crippen molar-refractivity contribution in [3.8, 4) is 0 Å². The smallest absolute Gasteiger partial charge is 0.117 e. The van der Waals surface area contributed by atoms with Gasteiger partial charge in [-0.15, -0.1) is 0 Å². The Morgan fingerprint density at radius 3 is 3.00 bits per heavy atom. The Balaban J connectivity index is 1.85. The van der Waals surface area contributed by atoms with Crippen molar-refractivity contribution in [2.75, 3.05) is 24.5 Å². The first kappa shape index (κ1) is 15.7. The standard InChI is InChI=1S/C16H21ClN6O/c1-10(22-4-2-5-23(22)18)12-7-14(17)13-8-19-20-15(13)16(12)21-6-3-11(24)9-21/h2,4,7-8,10-11,24H,3,5-6,9,18H2,1H3,(H,19,20). The molecule has 8 heteroatoms. The minimum Gasteiger partial charge on any atom is -0.391 e. The van der Waals surface area contributed by atoms with Crippen LogP contribution in [-0.2, 0) is 0 Å². The zero-order chi connectivity index (χ0) is 16.8. The van der Waals surface area contributed by atoms with E-state index in [1.165, 1.54) is 0 Å². The average molecular weight is 349 g/mol. The van der Waals surface area contributed by atoms with Crippen molar-refractivity contribution < 1.29 is 5.11 Å². The van der Waals surface area contributed by atoms with Crippen LogP contribution in [0.2, 0.25) is 5.02 Å². The van der Waals surface area contributed by atoms with Crippen LogP contribution in [0.1, 0.15) is 24.9 Å². The summed E-state index contributed by atoms with van der Waals surface area (Å²) >= 11 is 6.49. The maximum atomic E-state index is 9.98. The normalized spacial score (nSPS) is 22.9. The van der Waals surface area contributed by atoms with Gasteiger partial charge in [0.1, 0.15) is 5.52 Å². The molecule has 1 saturated heterocycles. The third kappa shape index (κ3) is 2.44. The van der Waals surface area contributed by atoms with Crippen LogP contribution >= 0.6 is 11.6 Å². The molecule has 2 aliphatic rings. The van der Waals surface area contributed by atoms with Gasteiger partial charge < -0.3 is 10.0 Å². The van der Waals surface area contributed by atoms with Crippen molar-refractivity contribution in [3.63, 3.8) is 0 Å². The number of rotatable bonds is 3. The molecule has 4 rings (SSSR count). The Kier molecular flexibility index (Phi) is 3.88. The molecule has 0 amide bonds. The SMILES string of the molecule is CC(c1cc(Cl)c2c[nH]nc2c1N1CCC(O)C1)N1C=CCN1N. The third-order valence-corrected chi connectivity index (χ3v) is 5.16. The van der Waals surface area contributed by atoms with Gasteiger partial charge in [-0.25, -0.2) is 0 Å².